The third kappa shape index (κ3) is 5.32. The zero-order chi connectivity index (χ0) is 19.2. The van der Waals surface area contributed by atoms with Crippen molar-refractivity contribution >= 4 is 39.1 Å². The Morgan fingerprint density at radius 3 is 2.67 bits per heavy atom. The molecule has 8 heteroatoms. The number of carbonyl (C=O) groups excluding carboxylic acids is 2. The SMILES string of the molecule is C[C@@H](OC(=O)COCc1nc2ccccc2s1)C(=O)Nc1ccc(F)cc1. The Labute approximate surface area is 158 Å². The number of carbonyl (C=O) groups is 2. The number of anilines is 1. The van der Waals surface area contributed by atoms with E-state index in [9.17, 15) is 14.0 Å². The Hall–Kier alpha value is -2.84. The molecule has 0 spiro atoms. The number of benzene rings is 2. The lowest BCUT2D eigenvalue weighted by Crippen LogP contribution is -2.31. The predicted octanol–water partition coefficient (Wildman–Crippen LogP) is 3.52. The van der Waals surface area contributed by atoms with E-state index in [0.717, 1.165) is 15.2 Å². The van der Waals surface area contributed by atoms with Gasteiger partial charge >= 0.3 is 5.97 Å². The number of esters is 1. The summed E-state index contributed by atoms with van der Waals surface area (Å²) in [6.45, 7) is 1.35. The van der Waals surface area contributed by atoms with E-state index in [0.29, 0.717) is 5.69 Å². The highest BCUT2D eigenvalue weighted by atomic mass is 32.1. The van der Waals surface area contributed by atoms with E-state index in [2.05, 4.69) is 10.3 Å². The third-order valence-electron chi connectivity index (χ3n) is 3.57. The van der Waals surface area contributed by atoms with Crippen LogP contribution in [0, 0.1) is 5.82 Å². The molecule has 0 saturated carbocycles. The number of amides is 1. The standard InChI is InChI=1S/C19H17FN2O4S/c1-12(19(24)21-14-8-6-13(20)7-9-14)26-18(23)11-25-10-17-22-15-4-2-3-5-16(15)27-17/h2-9,12H,10-11H2,1H3,(H,21,24)/t12-/m1/s1. The van der Waals surface area contributed by atoms with Gasteiger partial charge in [-0.2, -0.15) is 0 Å². The van der Waals surface area contributed by atoms with Crippen LogP contribution in [0.1, 0.15) is 11.9 Å². The van der Waals surface area contributed by atoms with Gasteiger partial charge in [-0.25, -0.2) is 14.2 Å². The van der Waals surface area contributed by atoms with E-state index >= 15 is 0 Å². The molecule has 1 heterocycles. The van der Waals surface area contributed by atoms with E-state index < -0.39 is 23.8 Å². The van der Waals surface area contributed by atoms with Crippen molar-refractivity contribution in [3.8, 4) is 0 Å². The van der Waals surface area contributed by atoms with Crippen molar-refractivity contribution < 1.29 is 23.5 Å². The molecule has 2 aromatic carbocycles. The number of nitrogens with one attached hydrogen (secondary N) is 1. The molecule has 0 saturated heterocycles. The Morgan fingerprint density at radius 1 is 1.19 bits per heavy atom. The molecule has 0 radical (unpaired) electrons. The predicted molar refractivity (Wildman–Crippen MR) is 99.9 cm³/mol. The summed E-state index contributed by atoms with van der Waals surface area (Å²) in [6.07, 6.45) is -1.01. The number of halogens is 1. The fourth-order valence-corrected chi connectivity index (χ4v) is 3.17. The van der Waals surface area contributed by atoms with E-state index in [1.165, 1.54) is 42.5 Å². The van der Waals surface area contributed by atoms with Crippen LogP contribution in [0.5, 0.6) is 0 Å². The lowest BCUT2D eigenvalue weighted by molar-refractivity contribution is -0.157. The van der Waals surface area contributed by atoms with Gasteiger partial charge in [-0.3, -0.25) is 4.79 Å². The second-order valence-electron chi connectivity index (χ2n) is 5.70. The van der Waals surface area contributed by atoms with Crippen molar-refractivity contribution in [2.45, 2.75) is 19.6 Å². The Morgan fingerprint density at radius 2 is 1.93 bits per heavy atom. The molecule has 0 aliphatic carbocycles. The van der Waals surface area contributed by atoms with Crippen molar-refractivity contribution in [3.63, 3.8) is 0 Å². The molecule has 0 bridgehead atoms. The summed E-state index contributed by atoms with van der Waals surface area (Å²) in [4.78, 5) is 28.2. The van der Waals surface area contributed by atoms with Gasteiger partial charge in [-0.1, -0.05) is 12.1 Å². The summed E-state index contributed by atoms with van der Waals surface area (Å²) in [5, 5.41) is 3.29. The van der Waals surface area contributed by atoms with Crippen molar-refractivity contribution in [1.82, 2.24) is 4.98 Å². The monoisotopic (exact) mass is 388 g/mol. The van der Waals surface area contributed by atoms with Gasteiger partial charge < -0.3 is 14.8 Å². The number of hydrogen-bond acceptors (Lipinski definition) is 6. The summed E-state index contributed by atoms with van der Waals surface area (Å²) >= 11 is 1.49. The molecule has 0 aliphatic heterocycles. The van der Waals surface area contributed by atoms with Crippen LogP contribution in [0.2, 0.25) is 0 Å². The minimum Gasteiger partial charge on any atom is -0.451 e. The Balaban J connectivity index is 1.42. The lowest BCUT2D eigenvalue weighted by Gasteiger charge is -2.13. The van der Waals surface area contributed by atoms with E-state index in [-0.39, 0.29) is 13.2 Å². The number of rotatable bonds is 7. The van der Waals surface area contributed by atoms with Gasteiger partial charge in [0.2, 0.25) is 0 Å². The maximum absolute atomic E-state index is 12.9. The van der Waals surface area contributed by atoms with Gasteiger partial charge in [0.25, 0.3) is 5.91 Å². The number of aromatic nitrogens is 1. The van der Waals surface area contributed by atoms with Gasteiger partial charge in [0.1, 0.15) is 17.4 Å². The largest absolute Gasteiger partial charge is 0.451 e. The molecular formula is C19H17FN2O4S. The van der Waals surface area contributed by atoms with Crippen molar-refractivity contribution in [1.29, 1.82) is 0 Å². The first-order chi connectivity index (χ1) is 13.0. The number of ether oxygens (including phenoxy) is 2. The molecule has 0 unspecified atom stereocenters. The second kappa shape index (κ2) is 8.70. The van der Waals surface area contributed by atoms with E-state index in [4.69, 9.17) is 9.47 Å². The summed E-state index contributed by atoms with van der Waals surface area (Å²) < 4.78 is 24.3. The zero-order valence-corrected chi connectivity index (χ0v) is 15.3. The second-order valence-corrected chi connectivity index (χ2v) is 6.81. The number of hydrogen-bond donors (Lipinski definition) is 1. The van der Waals surface area contributed by atoms with Gasteiger partial charge in [0.05, 0.1) is 16.8 Å². The minimum absolute atomic E-state index is 0.185. The molecule has 27 heavy (non-hydrogen) atoms. The topological polar surface area (TPSA) is 77.5 Å². The summed E-state index contributed by atoms with van der Waals surface area (Å²) in [5.41, 5.74) is 1.30. The molecule has 3 rings (SSSR count). The van der Waals surface area contributed by atoms with E-state index in [1.807, 2.05) is 24.3 Å². The summed E-state index contributed by atoms with van der Waals surface area (Å²) in [5.74, 6) is -1.57. The molecule has 0 fully saturated rings. The Kier molecular flexibility index (Phi) is 6.10. The fourth-order valence-electron chi connectivity index (χ4n) is 2.27. The zero-order valence-electron chi connectivity index (χ0n) is 14.5. The number of fused-ring (bicyclic) bond motifs is 1. The van der Waals surface area contributed by atoms with Crippen LogP contribution in [0.3, 0.4) is 0 Å². The first kappa shape index (κ1) is 18.9. The van der Waals surface area contributed by atoms with Crippen molar-refractivity contribution in [2.75, 3.05) is 11.9 Å². The molecule has 1 aromatic heterocycles. The van der Waals surface area contributed by atoms with Crippen LogP contribution in [0.15, 0.2) is 48.5 Å². The molecule has 3 aromatic rings. The first-order valence-electron chi connectivity index (χ1n) is 8.19. The Bertz CT molecular complexity index is 909. The summed E-state index contributed by atoms with van der Waals surface area (Å²) in [7, 11) is 0. The number of nitrogens with zero attached hydrogens (tertiary/aromatic N) is 1. The van der Waals surface area contributed by atoms with Gasteiger partial charge in [0.15, 0.2) is 6.10 Å². The first-order valence-corrected chi connectivity index (χ1v) is 9.01. The summed E-state index contributed by atoms with van der Waals surface area (Å²) in [6, 6.07) is 13.0. The third-order valence-corrected chi connectivity index (χ3v) is 4.58. The molecule has 1 atom stereocenters. The van der Waals surface area contributed by atoms with Crippen LogP contribution >= 0.6 is 11.3 Å². The van der Waals surface area contributed by atoms with Crippen LogP contribution in [-0.2, 0) is 25.7 Å². The average molecular weight is 388 g/mol. The maximum Gasteiger partial charge on any atom is 0.332 e. The molecule has 0 aliphatic rings. The van der Waals surface area contributed by atoms with Gasteiger partial charge in [0, 0.05) is 5.69 Å². The van der Waals surface area contributed by atoms with E-state index in [1.54, 1.807) is 0 Å². The highest BCUT2D eigenvalue weighted by molar-refractivity contribution is 7.18. The smallest absolute Gasteiger partial charge is 0.332 e. The number of thiazole rings is 1. The maximum atomic E-state index is 12.9. The van der Waals surface area contributed by atoms with Crippen LogP contribution in [-0.4, -0.2) is 29.6 Å². The highest BCUT2D eigenvalue weighted by Gasteiger charge is 2.18. The number of para-hydroxylation sites is 1. The van der Waals surface area contributed by atoms with Crippen molar-refractivity contribution in [2.24, 2.45) is 0 Å². The van der Waals surface area contributed by atoms with Crippen molar-refractivity contribution in [3.05, 3.63) is 59.4 Å². The molecule has 1 amide bonds. The quantitative estimate of drug-likeness (QED) is 0.627. The van der Waals surface area contributed by atoms with Crippen LogP contribution in [0.25, 0.3) is 10.2 Å². The van der Waals surface area contributed by atoms with Crippen LogP contribution < -0.4 is 5.32 Å². The molecule has 6 nitrogen and oxygen atoms in total. The molecule has 1 N–H and O–H groups in total. The highest BCUT2D eigenvalue weighted by Crippen LogP contribution is 2.21. The van der Waals surface area contributed by atoms with Crippen LogP contribution in [0.4, 0.5) is 10.1 Å². The van der Waals surface area contributed by atoms with Gasteiger partial charge in [-0.15, -0.1) is 11.3 Å². The van der Waals surface area contributed by atoms with Gasteiger partial charge in [-0.05, 0) is 43.3 Å². The normalized spacial score (nSPS) is 11.9. The minimum atomic E-state index is -1.01. The lowest BCUT2D eigenvalue weighted by atomic mass is 10.3. The molecular weight excluding hydrogens is 371 g/mol. The average Bonchev–Trinajstić information content (AvgIpc) is 3.06. The fraction of sp³-hybridized carbons (Fsp3) is 0.211. The molecule has 140 valence electrons.